The van der Waals surface area contributed by atoms with Crippen molar-refractivity contribution in [3.8, 4) is 0 Å². The Morgan fingerprint density at radius 3 is 2.38 bits per heavy atom. The normalized spacial score (nSPS) is 22.9. The van der Waals surface area contributed by atoms with Crippen LogP contribution in [0.2, 0.25) is 0 Å². The van der Waals surface area contributed by atoms with E-state index in [1.165, 1.54) is 6.26 Å². The van der Waals surface area contributed by atoms with E-state index in [4.69, 9.17) is 0 Å². The molecule has 0 amide bonds. The first-order valence-electron chi connectivity index (χ1n) is 4.67. The molecule has 1 fully saturated rings. The van der Waals surface area contributed by atoms with Crippen LogP contribution in [0.15, 0.2) is 0 Å². The fourth-order valence-electron chi connectivity index (χ4n) is 1.78. The van der Waals surface area contributed by atoms with Gasteiger partial charge in [-0.3, -0.25) is 0 Å². The Balaban J connectivity index is 2.42. The van der Waals surface area contributed by atoms with Gasteiger partial charge < -0.3 is 5.32 Å². The molecule has 13 heavy (non-hydrogen) atoms. The molecule has 0 radical (unpaired) electrons. The predicted molar refractivity (Wildman–Crippen MR) is 53.0 cm³/mol. The number of sulfonamides is 1. The second kappa shape index (κ2) is 4.39. The molecule has 1 unspecified atom stereocenters. The molecule has 4 nitrogen and oxygen atoms in total. The molecule has 0 aromatic heterocycles. The SMILES string of the molecule is CC(NS(C)(=O)=O)C1CCNCC1. The molecular weight excluding hydrogens is 188 g/mol. The molecule has 2 N–H and O–H groups in total. The summed E-state index contributed by atoms with van der Waals surface area (Å²) in [6.45, 7) is 3.94. The zero-order chi connectivity index (χ0) is 9.90. The van der Waals surface area contributed by atoms with Crippen molar-refractivity contribution >= 4 is 10.0 Å². The number of rotatable bonds is 3. The highest BCUT2D eigenvalue weighted by atomic mass is 32.2. The maximum absolute atomic E-state index is 11.0. The van der Waals surface area contributed by atoms with Gasteiger partial charge in [-0.1, -0.05) is 0 Å². The van der Waals surface area contributed by atoms with Gasteiger partial charge in [-0.05, 0) is 38.8 Å². The molecule has 1 rings (SSSR count). The summed E-state index contributed by atoms with van der Waals surface area (Å²) in [5, 5.41) is 3.26. The molecule has 1 atom stereocenters. The van der Waals surface area contributed by atoms with E-state index >= 15 is 0 Å². The lowest BCUT2D eigenvalue weighted by atomic mass is 9.92. The fourth-order valence-corrected chi connectivity index (χ4v) is 2.65. The second-order valence-corrected chi connectivity index (χ2v) is 5.55. The van der Waals surface area contributed by atoms with Crippen LogP contribution in [0.3, 0.4) is 0 Å². The van der Waals surface area contributed by atoms with Gasteiger partial charge >= 0.3 is 0 Å². The Labute approximate surface area is 80.1 Å². The molecule has 5 heteroatoms. The van der Waals surface area contributed by atoms with E-state index in [-0.39, 0.29) is 6.04 Å². The van der Waals surface area contributed by atoms with Crippen LogP contribution in [-0.2, 0) is 10.0 Å². The average molecular weight is 206 g/mol. The highest BCUT2D eigenvalue weighted by Gasteiger charge is 2.21. The van der Waals surface area contributed by atoms with E-state index in [2.05, 4.69) is 10.0 Å². The van der Waals surface area contributed by atoms with E-state index in [1.54, 1.807) is 0 Å². The summed E-state index contributed by atoms with van der Waals surface area (Å²) in [6.07, 6.45) is 3.33. The first kappa shape index (κ1) is 10.9. The van der Waals surface area contributed by atoms with Crippen molar-refractivity contribution in [2.45, 2.75) is 25.8 Å². The Morgan fingerprint density at radius 2 is 1.92 bits per heavy atom. The van der Waals surface area contributed by atoms with Crippen LogP contribution in [-0.4, -0.2) is 33.8 Å². The summed E-state index contributed by atoms with van der Waals surface area (Å²) in [6, 6.07) is 0.0668. The van der Waals surface area contributed by atoms with Crippen molar-refractivity contribution < 1.29 is 8.42 Å². The topological polar surface area (TPSA) is 58.2 Å². The van der Waals surface area contributed by atoms with Crippen LogP contribution in [0.1, 0.15) is 19.8 Å². The standard InChI is InChI=1S/C8H18N2O2S/c1-7(10-13(2,11)12)8-3-5-9-6-4-8/h7-10H,3-6H2,1-2H3. The van der Waals surface area contributed by atoms with Crippen molar-refractivity contribution in [1.29, 1.82) is 0 Å². The van der Waals surface area contributed by atoms with Crippen molar-refractivity contribution in [3.63, 3.8) is 0 Å². The molecule has 0 aromatic carbocycles. The molecule has 0 aromatic rings. The second-order valence-electron chi connectivity index (χ2n) is 3.77. The van der Waals surface area contributed by atoms with E-state index in [0.29, 0.717) is 5.92 Å². The molecule has 1 heterocycles. The molecule has 0 saturated carbocycles. The van der Waals surface area contributed by atoms with Gasteiger partial charge in [0.1, 0.15) is 0 Å². The van der Waals surface area contributed by atoms with Gasteiger partial charge in [0.05, 0.1) is 6.26 Å². The van der Waals surface area contributed by atoms with Gasteiger partial charge in [0.25, 0.3) is 0 Å². The largest absolute Gasteiger partial charge is 0.317 e. The zero-order valence-electron chi connectivity index (χ0n) is 8.21. The quantitative estimate of drug-likeness (QED) is 0.679. The summed E-state index contributed by atoms with van der Waals surface area (Å²) in [5.74, 6) is 0.482. The highest BCUT2D eigenvalue weighted by molar-refractivity contribution is 7.88. The predicted octanol–water partition coefficient (Wildman–Crippen LogP) is -0.0763. The van der Waals surface area contributed by atoms with Gasteiger partial charge in [0.15, 0.2) is 0 Å². The summed E-state index contributed by atoms with van der Waals surface area (Å²) >= 11 is 0. The smallest absolute Gasteiger partial charge is 0.208 e. The Hall–Kier alpha value is -0.130. The average Bonchev–Trinajstić information content (AvgIpc) is 2.03. The van der Waals surface area contributed by atoms with Gasteiger partial charge in [0.2, 0.25) is 10.0 Å². The van der Waals surface area contributed by atoms with Crippen LogP contribution in [0.25, 0.3) is 0 Å². The van der Waals surface area contributed by atoms with Crippen LogP contribution in [0.5, 0.6) is 0 Å². The lowest BCUT2D eigenvalue weighted by molar-refractivity contribution is 0.316. The minimum atomic E-state index is -3.04. The maximum Gasteiger partial charge on any atom is 0.208 e. The third kappa shape index (κ3) is 4.06. The van der Waals surface area contributed by atoms with Crippen molar-refractivity contribution in [2.75, 3.05) is 19.3 Å². The molecule has 1 saturated heterocycles. The summed E-state index contributed by atoms with van der Waals surface area (Å²) in [4.78, 5) is 0. The van der Waals surface area contributed by atoms with Crippen LogP contribution < -0.4 is 10.0 Å². The summed E-state index contributed by atoms with van der Waals surface area (Å²) in [7, 11) is -3.04. The minimum Gasteiger partial charge on any atom is -0.317 e. The molecule has 0 bridgehead atoms. The molecule has 0 spiro atoms. The summed E-state index contributed by atoms with van der Waals surface area (Å²) < 4.78 is 24.5. The number of piperidine rings is 1. The lowest BCUT2D eigenvalue weighted by Crippen LogP contribution is -2.42. The van der Waals surface area contributed by atoms with Gasteiger partial charge in [-0.25, -0.2) is 13.1 Å². The van der Waals surface area contributed by atoms with Crippen LogP contribution in [0.4, 0.5) is 0 Å². The number of nitrogens with one attached hydrogen (secondary N) is 2. The van der Waals surface area contributed by atoms with Crippen molar-refractivity contribution in [3.05, 3.63) is 0 Å². The van der Waals surface area contributed by atoms with Gasteiger partial charge in [0, 0.05) is 6.04 Å². The van der Waals surface area contributed by atoms with Crippen LogP contribution >= 0.6 is 0 Å². The lowest BCUT2D eigenvalue weighted by Gasteiger charge is -2.28. The summed E-state index contributed by atoms with van der Waals surface area (Å²) in [5.41, 5.74) is 0. The first-order valence-corrected chi connectivity index (χ1v) is 6.56. The number of hydrogen-bond donors (Lipinski definition) is 2. The Morgan fingerprint density at radius 1 is 1.38 bits per heavy atom. The Bertz CT molecular complexity index is 245. The molecule has 0 aliphatic carbocycles. The maximum atomic E-state index is 11.0. The number of hydrogen-bond acceptors (Lipinski definition) is 3. The third-order valence-electron chi connectivity index (χ3n) is 2.49. The first-order chi connectivity index (χ1) is 5.99. The van der Waals surface area contributed by atoms with E-state index in [0.717, 1.165) is 25.9 Å². The fraction of sp³-hybridized carbons (Fsp3) is 1.00. The van der Waals surface area contributed by atoms with Crippen LogP contribution in [0, 0.1) is 5.92 Å². The van der Waals surface area contributed by atoms with Crippen molar-refractivity contribution in [2.24, 2.45) is 5.92 Å². The monoisotopic (exact) mass is 206 g/mol. The van der Waals surface area contributed by atoms with Gasteiger partial charge in [-0.2, -0.15) is 0 Å². The van der Waals surface area contributed by atoms with E-state index in [1.807, 2.05) is 6.92 Å². The van der Waals surface area contributed by atoms with Gasteiger partial charge in [-0.15, -0.1) is 0 Å². The Kier molecular flexibility index (Phi) is 3.70. The zero-order valence-corrected chi connectivity index (χ0v) is 9.02. The molecule has 1 aliphatic heterocycles. The van der Waals surface area contributed by atoms with E-state index < -0.39 is 10.0 Å². The minimum absolute atomic E-state index is 0.0668. The highest BCUT2D eigenvalue weighted by Crippen LogP contribution is 2.16. The molecule has 78 valence electrons. The third-order valence-corrected chi connectivity index (χ3v) is 3.29. The molecule has 1 aliphatic rings. The molecular formula is C8H18N2O2S. The van der Waals surface area contributed by atoms with Crippen molar-refractivity contribution in [1.82, 2.24) is 10.0 Å². The van der Waals surface area contributed by atoms with E-state index in [9.17, 15) is 8.42 Å².